The topological polar surface area (TPSA) is 123 Å². The van der Waals surface area contributed by atoms with Gasteiger partial charge in [-0.25, -0.2) is 8.42 Å². The van der Waals surface area contributed by atoms with Gasteiger partial charge in [0.15, 0.2) is 0 Å². The van der Waals surface area contributed by atoms with Gasteiger partial charge in [0.05, 0.1) is 18.6 Å². The molecule has 0 saturated carbocycles. The number of nitrogens with one attached hydrogen (secondary N) is 3. The molecule has 0 atom stereocenters. The van der Waals surface area contributed by atoms with Crippen molar-refractivity contribution in [2.24, 2.45) is 0 Å². The number of benzene rings is 3. The highest BCUT2D eigenvalue weighted by molar-refractivity contribution is 7.92. The molecule has 0 aliphatic rings. The van der Waals surface area contributed by atoms with Gasteiger partial charge < -0.3 is 9.47 Å². The molecule has 0 saturated heterocycles. The zero-order valence-electron chi connectivity index (χ0n) is 17.8. The standard InChI is InChI=1S/C23H23N3O6S/c1-31-20-12-10-19(11-13-20)26-33(29,30)21-9-5-8-18(14-21)23(28)25-24-22(27)16-32-15-17-6-3-2-4-7-17/h2-14,26H,15-16H2,1H3,(H,24,27)(H,25,28). The molecule has 0 fully saturated rings. The van der Waals surface area contributed by atoms with Crippen LogP contribution in [0.4, 0.5) is 5.69 Å². The van der Waals surface area contributed by atoms with Crippen LogP contribution in [0.25, 0.3) is 0 Å². The number of hydrazine groups is 1. The van der Waals surface area contributed by atoms with Crippen molar-refractivity contribution in [2.75, 3.05) is 18.4 Å². The Morgan fingerprint density at radius 1 is 0.879 bits per heavy atom. The number of ether oxygens (including phenoxy) is 2. The number of methoxy groups -OCH3 is 1. The molecule has 0 heterocycles. The summed E-state index contributed by atoms with van der Waals surface area (Å²) in [5, 5.41) is 0. The lowest BCUT2D eigenvalue weighted by molar-refractivity contribution is -0.126. The second kappa shape index (κ2) is 11.1. The summed E-state index contributed by atoms with van der Waals surface area (Å²) in [6.07, 6.45) is 0. The first-order chi connectivity index (χ1) is 15.9. The molecule has 2 amide bonds. The molecular formula is C23H23N3O6S. The molecule has 0 aliphatic carbocycles. The average Bonchev–Trinajstić information content (AvgIpc) is 2.83. The molecule has 3 rings (SSSR count). The van der Waals surface area contributed by atoms with Crippen LogP contribution in [0, 0.1) is 0 Å². The average molecular weight is 470 g/mol. The van der Waals surface area contributed by atoms with Crippen molar-refractivity contribution in [1.29, 1.82) is 0 Å². The van der Waals surface area contributed by atoms with E-state index in [2.05, 4.69) is 15.6 Å². The zero-order valence-corrected chi connectivity index (χ0v) is 18.6. The van der Waals surface area contributed by atoms with E-state index in [0.717, 1.165) is 5.56 Å². The molecular weight excluding hydrogens is 446 g/mol. The third-order valence-corrected chi connectivity index (χ3v) is 5.79. The Bertz CT molecular complexity index is 1200. The molecule has 0 radical (unpaired) electrons. The van der Waals surface area contributed by atoms with Crippen LogP contribution in [0.5, 0.6) is 5.75 Å². The fraction of sp³-hybridized carbons (Fsp3) is 0.130. The Morgan fingerprint density at radius 3 is 2.30 bits per heavy atom. The highest BCUT2D eigenvalue weighted by atomic mass is 32.2. The van der Waals surface area contributed by atoms with E-state index in [-0.39, 0.29) is 23.7 Å². The third kappa shape index (κ3) is 7.06. The molecule has 0 aliphatic heterocycles. The summed E-state index contributed by atoms with van der Waals surface area (Å²) in [7, 11) is -2.43. The molecule has 0 bridgehead atoms. The van der Waals surface area contributed by atoms with E-state index in [1.54, 1.807) is 24.3 Å². The maximum atomic E-state index is 12.7. The number of rotatable bonds is 9. The van der Waals surface area contributed by atoms with Crippen LogP contribution in [-0.4, -0.2) is 33.9 Å². The summed E-state index contributed by atoms with van der Waals surface area (Å²) in [6.45, 7) is -0.00131. The van der Waals surface area contributed by atoms with Gasteiger partial charge in [-0.2, -0.15) is 0 Å². The van der Waals surface area contributed by atoms with Crippen LogP contribution in [0.1, 0.15) is 15.9 Å². The molecule has 172 valence electrons. The van der Waals surface area contributed by atoms with Gasteiger partial charge in [-0.05, 0) is 48.0 Å². The van der Waals surface area contributed by atoms with Gasteiger partial charge in [0.1, 0.15) is 12.4 Å². The number of amides is 2. The van der Waals surface area contributed by atoms with Crippen molar-refractivity contribution in [3.63, 3.8) is 0 Å². The Kier molecular flexibility index (Phi) is 8.01. The van der Waals surface area contributed by atoms with E-state index in [0.29, 0.717) is 11.4 Å². The van der Waals surface area contributed by atoms with E-state index in [1.807, 2.05) is 30.3 Å². The summed E-state index contributed by atoms with van der Waals surface area (Å²) in [4.78, 5) is 24.1. The van der Waals surface area contributed by atoms with Crippen molar-refractivity contribution in [3.05, 3.63) is 90.0 Å². The number of hydrogen-bond donors (Lipinski definition) is 3. The zero-order chi connectivity index (χ0) is 23.7. The van der Waals surface area contributed by atoms with Crippen molar-refractivity contribution in [3.8, 4) is 5.75 Å². The normalized spacial score (nSPS) is 10.8. The highest BCUT2D eigenvalue weighted by Crippen LogP contribution is 2.20. The van der Waals surface area contributed by atoms with Gasteiger partial charge in [-0.1, -0.05) is 36.4 Å². The largest absolute Gasteiger partial charge is 0.497 e. The SMILES string of the molecule is COc1ccc(NS(=O)(=O)c2cccc(C(=O)NNC(=O)COCc3ccccc3)c2)cc1. The maximum absolute atomic E-state index is 12.7. The van der Waals surface area contributed by atoms with Gasteiger partial charge >= 0.3 is 0 Å². The van der Waals surface area contributed by atoms with E-state index >= 15 is 0 Å². The number of hydrogen-bond acceptors (Lipinski definition) is 6. The van der Waals surface area contributed by atoms with Crippen LogP contribution in [0.15, 0.2) is 83.8 Å². The van der Waals surface area contributed by atoms with Crippen LogP contribution >= 0.6 is 0 Å². The van der Waals surface area contributed by atoms with E-state index < -0.39 is 21.8 Å². The molecule has 10 heteroatoms. The van der Waals surface area contributed by atoms with Crippen molar-refractivity contribution >= 4 is 27.5 Å². The minimum atomic E-state index is -3.94. The summed E-state index contributed by atoms with van der Waals surface area (Å²) in [5.74, 6) is -0.638. The van der Waals surface area contributed by atoms with Gasteiger partial charge in [-0.15, -0.1) is 0 Å². The van der Waals surface area contributed by atoms with Crippen LogP contribution in [0.2, 0.25) is 0 Å². The number of carbonyl (C=O) groups is 2. The number of sulfonamides is 1. The Hall–Kier alpha value is -3.89. The maximum Gasteiger partial charge on any atom is 0.269 e. The first-order valence-corrected chi connectivity index (χ1v) is 11.3. The minimum Gasteiger partial charge on any atom is -0.497 e. The summed E-state index contributed by atoms with van der Waals surface area (Å²) in [6, 6.07) is 21.1. The molecule has 3 N–H and O–H groups in total. The predicted molar refractivity (Wildman–Crippen MR) is 122 cm³/mol. The smallest absolute Gasteiger partial charge is 0.269 e. The van der Waals surface area contributed by atoms with E-state index in [1.165, 1.54) is 31.4 Å². The Morgan fingerprint density at radius 2 is 1.61 bits per heavy atom. The minimum absolute atomic E-state index is 0.0538. The van der Waals surface area contributed by atoms with Crippen LogP contribution in [-0.2, 0) is 26.2 Å². The van der Waals surface area contributed by atoms with E-state index in [4.69, 9.17) is 9.47 Å². The number of anilines is 1. The molecule has 9 nitrogen and oxygen atoms in total. The Balaban J connectivity index is 1.54. The lowest BCUT2D eigenvalue weighted by Crippen LogP contribution is -2.43. The third-order valence-electron chi connectivity index (χ3n) is 4.41. The molecule has 0 aromatic heterocycles. The highest BCUT2D eigenvalue weighted by Gasteiger charge is 2.17. The fourth-order valence-electron chi connectivity index (χ4n) is 2.75. The summed E-state index contributed by atoms with van der Waals surface area (Å²) < 4.78 is 38.1. The summed E-state index contributed by atoms with van der Waals surface area (Å²) >= 11 is 0. The number of carbonyl (C=O) groups excluding carboxylic acids is 2. The van der Waals surface area contributed by atoms with Crippen LogP contribution in [0.3, 0.4) is 0 Å². The lowest BCUT2D eigenvalue weighted by atomic mass is 10.2. The summed E-state index contributed by atoms with van der Waals surface area (Å²) in [5.41, 5.74) is 5.78. The second-order valence-electron chi connectivity index (χ2n) is 6.84. The Labute approximate surface area is 191 Å². The lowest BCUT2D eigenvalue weighted by Gasteiger charge is -2.11. The van der Waals surface area contributed by atoms with Crippen molar-refractivity contribution < 1.29 is 27.5 Å². The van der Waals surface area contributed by atoms with Crippen molar-refractivity contribution in [1.82, 2.24) is 10.9 Å². The second-order valence-corrected chi connectivity index (χ2v) is 8.52. The van der Waals surface area contributed by atoms with Gasteiger partial charge in [0.25, 0.3) is 21.8 Å². The monoisotopic (exact) mass is 469 g/mol. The van der Waals surface area contributed by atoms with Gasteiger partial charge in [0, 0.05) is 11.3 Å². The first-order valence-electron chi connectivity index (χ1n) is 9.85. The first kappa shape index (κ1) is 23.8. The van der Waals surface area contributed by atoms with E-state index in [9.17, 15) is 18.0 Å². The molecule has 33 heavy (non-hydrogen) atoms. The molecule has 0 spiro atoms. The fourth-order valence-corrected chi connectivity index (χ4v) is 3.85. The quantitative estimate of drug-likeness (QED) is 0.414. The van der Waals surface area contributed by atoms with Gasteiger partial charge in [0.2, 0.25) is 0 Å². The van der Waals surface area contributed by atoms with Crippen LogP contribution < -0.4 is 20.3 Å². The van der Waals surface area contributed by atoms with Crippen molar-refractivity contribution in [2.45, 2.75) is 11.5 Å². The molecule has 3 aromatic rings. The molecule has 3 aromatic carbocycles. The predicted octanol–water partition coefficient (Wildman–Crippen LogP) is 2.47. The molecule has 0 unspecified atom stereocenters. The van der Waals surface area contributed by atoms with Gasteiger partial charge in [-0.3, -0.25) is 25.2 Å².